The number of nitrogens with one attached hydrogen (secondary N) is 1. The van der Waals surface area contributed by atoms with Crippen LogP contribution in [-0.2, 0) is 4.74 Å². The molecule has 0 fully saturated rings. The van der Waals surface area contributed by atoms with Crippen LogP contribution >= 0.6 is 11.8 Å². The molecule has 4 rings (SSSR count). The van der Waals surface area contributed by atoms with E-state index in [-0.39, 0.29) is 11.3 Å². The van der Waals surface area contributed by atoms with Crippen molar-refractivity contribution >= 4 is 22.8 Å². The molecule has 1 aliphatic rings. The first-order valence-corrected chi connectivity index (χ1v) is 10.5. The van der Waals surface area contributed by atoms with Crippen LogP contribution in [0.2, 0.25) is 0 Å². The van der Waals surface area contributed by atoms with Crippen LogP contribution in [0, 0.1) is 13.8 Å². The molecule has 29 heavy (non-hydrogen) atoms. The molecule has 0 saturated carbocycles. The Bertz CT molecular complexity index is 1060. The van der Waals surface area contributed by atoms with Crippen LogP contribution in [-0.4, -0.2) is 22.2 Å². The Morgan fingerprint density at radius 3 is 2.55 bits per heavy atom. The van der Waals surface area contributed by atoms with Gasteiger partial charge in [-0.3, -0.25) is 5.43 Å². The van der Waals surface area contributed by atoms with E-state index in [4.69, 9.17) is 4.74 Å². The van der Waals surface area contributed by atoms with Gasteiger partial charge in [-0.15, -0.1) is 0 Å². The summed E-state index contributed by atoms with van der Waals surface area (Å²) in [6, 6.07) is 19.9. The molecule has 1 aliphatic heterocycles. The lowest BCUT2D eigenvalue weighted by atomic mass is 10.2. The summed E-state index contributed by atoms with van der Waals surface area (Å²) in [7, 11) is 0. The van der Waals surface area contributed by atoms with Crippen molar-refractivity contribution in [3.63, 3.8) is 0 Å². The van der Waals surface area contributed by atoms with E-state index in [1.807, 2.05) is 49.4 Å². The topological polar surface area (TPSA) is 55.6 Å². The first-order chi connectivity index (χ1) is 14.1. The summed E-state index contributed by atoms with van der Waals surface area (Å²) in [5.41, 5.74) is 9.47. The van der Waals surface area contributed by atoms with Crippen molar-refractivity contribution in [1.82, 2.24) is 9.99 Å². The Kier molecular flexibility index (Phi) is 5.45. The van der Waals surface area contributed by atoms with Gasteiger partial charge >= 0.3 is 5.97 Å². The molecule has 0 bridgehead atoms. The molecule has 5 nitrogen and oxygen atoms in total. The standard InChI is InChI=1S/C23H23N3O2S/c1-4-28-23(27)18-10-12-19(13-11-18)26-15(2)14-20(16(26)3)22-25-24-21(29-22)17-8-6-5-7-9-17/h5-14,22,25H,4H2,1-3H3/t22-/m1/s1. The number of carbonyl (C=O) groups is 1. The first kappa shape index (κ1) is 19.3. The lowest BCUT2D eigenvalue weighted by Gasteiger charge is -2.13. The number of benzene rings is 2. The lowest BCUT2D eigenvalue weighted by Crippen LogP contribution is -2.08. The summed E-state index contributed by atoms with van der Waals surface area (Å²) in [6.45, 7) is 6.39. The molecule has 3 aromatic rings. The molecular formula is C23H23N3O2S. The fraction of sp³-hybridized carbons (Fsp3) is 0.217. The minimum Gasteiger partial charge on any atom is -0.462 e. The summed E-state index contributed by atoms with van der Waals surface area (Å²) < 4.78 is 7.27. The van der Waals surface area contributed by atoms with Crippen molar-refractivity contribution in [2.75, 3.05) is 6.61 Å². The van der Waals surface area contributed by atoms with E-state index in [2.05, 4.69) is 47.1 Å². The van der Waals surface area contributed by atoms with Gasteiger partial charge in [-0.2, -0.15) is 5.10 Å². The molecule has 148 valence electrons. The third-order valence-electron chi connectivity index (χ3n) is 4.92. The summed E-state index contributed by atoms with van der Waals surface area (Å²) in [6.07, 6.45) is 0. The van der Waals surface area contributed by atoms with Gasteiger partial charge in [-0.05, 0) is 51.1 Å². The highest BCUT2D eigenvalue weighted by atomic mass is 32.2. The second-order valence-electron chi connectivity index (χ2n) is 6.84. The van der Waals surface area contributed by atoms with Crippen molar-refractivity contribution in [2.24, 2.45) is 5.10 Å². The zero-order chi connectivity index (χ0) is 20.4. The van der Waals surface area contributed by atoms with Crippen molar-refractivity contribution < 1.29 is 9.53 Å². The Morgan fingerprint density at radius 1 is 1.14 bits per heavy atom. The molecule has 0 saturated heterocycles. The smallest absolute Gasteiger partial charge is 0.338 e. The SMILES string of the molecule is CCOC(=O)c1ccc(-n2c(C)cc([C@@H]3NN=C(c4ccccc4)S3)c2C)cc1. The number of hydrogen-bond donors (Lipinski definition) is 1. The zero-order valence-electron chi connectivity index (χ0n) is 16.7. The fourth-order valence-corrected chi connectivity index (χ4v) is 4.61. The maximum atomic E-state index is 11.9. The Hall–Kier alpha value is -2.99. The summed E-state index contributed by atoms with van der Waals surface area (Å²) in [5, 5.41) is 5.61. The predicted octanol–water partition coefficient (Wildman–Crippen LogP) is 4.97. The number of esters is 1. The highest BCUT2D eigenvalue weighted by Crippen LogP contribution is 2.37. The second kappa shape index (κ2) is 8.17. The molecule has 0 amide bonds. The number of aromatic nitrogens is 1. The van der Waals surface area contributed by atoms with Crippen LogP contribution in [0.1, 0.15) is 45.2 Å². The van der Waals surface area contributed by atoms with Crippen molar-refractivity contribution in [1.29, 1.82) is 0 Å². The van der Waals surface area contributed by atoms with Gasteiger partial charge in [0, 0.05) is 28.2 Å². The van der Waals surface area contributed by atoms with E-state index >= 15 is 0 Å². The molecule has 0 radical (unpaired) electrons. The normalized spacial score (nSPS) is 15.7. The van der Waals surface area contributed by atoms with Crippen LogP contribution in [0.15, 0.2) is 65.8 Å². The number of hydrogen-bond acceptors (Lipinski definition) is 5. The van der Waals surface area contributed by atoms with Gasteiger partial charge in [-0.25, -0.2) is 4.79 Å². The molecule has 1 N–H and O–H groups in total. The van der Waals surface area contributed by atoms with Gasteiger partial charge in [-0.1, -0.05) is 42.1 Å². The van der Waals surface area contributed by atoms with Crippen LogP contribution in [0.5, 0.6) is 0 Å². The molecule has 0 unspecified atom stereocenters. The van der Waals surface area contributed by atoms with Crippen LogP contribution in [0.3, 0.4) is 0 Å². The highest BCUT2D eigenvalue weighted by Gasteiger charge is 2.26. The quantitative estimate of drug-likeness (QED) is 0.609. The number of rotatable bonds is 5. The third-order valence-corrected chi connectivity index (χ3v) is 6.07. The number of aryl methyl sites for hydroxylation is 1. The Morgan fingerprint density at radius 2 is 1.86 bits per heavy atom. The van der Waals surface area contributed by atoms with E-state index in [9.17, 15) is 4.79 Å². The molecule has 2 heterocycles. The van der Waals surface area contributed by atoms with Crippen molar-refractivity contribution in [3.05, 3.63) is 88.7 Å². The average molecular weight is 406 g/mol. The maximum Gasteiger partial charge on any atom is 0.338 e. The van der Waals surface area contributed by atoms with E-state index in [1.165, 1.54) is 5.56 Å². The predicted molar refractivity (Wildman–Crippen MR) is 118 cm³/mol. The highest BCUT2D eigenvalue weighted by molar-refractivity contribution is 8.14. The van der Waals surface area contributed by atoms with E-state index in [0.29, 0.717) is 12.2 Å². The van der Waals surface area contributed by atoms with E-state index in [1.54, 1.807) is 11.8 Å². The zero-order valence-corrected chi connectivity index (χ0v) is 17.5. The average Bonchev–Trinajstić information content (AvgIpc) is 3.34. The Balaban J connectivity index is 1.57. The molecule has 6 heteroatoms. The maximum absolute atomic E-state index is 11.9. The molecule has 0 aliphatic carbocycles. The lowest BCUT2D eigenvalue weighted by molar-refractivity contribution is 0.0526. The second-order valence-corrected chi connectivity index (χ2v) is 7.93. The van der Waals surface area contributed by atoms with E-state index < -0.39 is 0 Å². The number of carbonyl (C=O) groups excluding carboxylic acids is 1. The van der Waals surface area contributed by atoms with Crippen LogP contribution in [0.25, 0.3) is 5.69 Å². The number of ether oxygens (including phenoxy) is 1. The molecule has 1 atom stereocenters. The first-order valence-electron chi connectivity index (χ1n) is 9.60. The molecule has 2 aromatic carbocycles. The summed E-state index contributed by atoms with van der Waals surface area (Å²) in [4.78, 5) is 11.9. The van der Waals surface area contributed by atoms with Gasteiger partial charge in [0.25, 0.3) is 0 Å². The van der Waals surface area contributed by atoms with E-state index in [0.717, 1.165) is 27.7 Å². The van der Waals surface area contributed by atoms with Gasteiger partial charge in [0.1, 0.15) is 10.4 Å². The number of hydrazone groups is 1. The van der Waals surface area contributed by atoms with Crippen LogP contribution in [0.4, 0.5) is 0 Å². The molecular weight excluding hydrogens is 382 g/mol. The van der Waals surface area contributed by atoms with Gasteiger partial charge in [0.2, 0.25) is 0 Å². The monoisotopic (exact) mass is 405 g/mol. The summed E-state index contributed by atoms with van der Waals surface area (Å²) in [5.74, 6) is -0.294. The fourth-order valence-electron chi connectivity index (χ4n) is 3.54. The van der Waals surface area contributed by atoms with Crippen LogP contribution < -0.4 is 5.43 Å². The number of nitrogens with zero attached hydrogens (tertiary/aromatic N) is 2. The summed E-state index contributed by atoms with van der Waals surface area (Å²) >= 11 is 1.72. The molecule has 1 aromatic heterocycles. The van der Waals surface area contributed by atoms with Gasteiger partial charge in [0.15, 0.2) is 0 Å². The van der Waals surface area contributed by atoms with Crippen molar-refractivity contribution in [2.45, 2.75) is 26.1 Å². The van der Waals surface area contributed by atoms with Gasteiger partial charge < -0.3 is 9.30 Å². The number of thioether (sulfide) groups is 1. The van der Waals surface area contributed by atoms with Crippen molar-refractivity contribution in [3.8, 4) is 5.69 Å². The largest absolute Gasteiger partial charge is 0.462 e. The minimum atomic E-state index is -0.294. The molecule has 0 spiro atoms. The third kappa shape index (κ3) is 3.80. The van der Waals surface area contributed by atoms with Gasteiger partial charge in [0.05, 0.1) is 12.2 Å². The Labute approximate surface area is 174 Å². The minimum absolute atomic E-state index is 0.0731.